The molecule has 0 radical (unpaired) electrons. The van der Waals surface area contributed by atoms with Crippen LogP contribution in [0.2, 0.25) is 0 Å². The van der Waals surface area contributed by atoms with Crippen LogP contribution in [0.1, 0.15) is 39.7 Å². The first kappa shape index (κ1) is 16.5. The molecule has 2 heterocycles. The second kappa shape index (κ2) is 8.60. The van der Waals surface area contributed by atoms with Gasteiger partial charge in [-0.25, -0.2) is 0 Å². The number of anilines is 1. The highest BCUT2D eigenvalue weighted by Gasteiger charge is 2.27. The SMILES string of the molecule is Brc1ccc2c(c1)CCN2C1CCNC1.CC.CC. The first-order chi connectivity index (χ1) is 9.34. The summed E-state index contributed by atoms with van der Waals surface area (Å²) >= 11 is 3.54. The maximum Gasteiger partial charge on any atom is 0.0426 e. The molecule has 1 aromatic rings. The zero-order valence-electron chi connectivity index (χ0n) is 12.7. The molecule has 108 valence electrons. The molecule has 1 N–H and O–H groups in total. The molecule has 1 aromatic carbocycles. The maximum absolute atomic E-state index is 3.54. The van der Waals surface area contributed by atoms with E-state index in [0.717, 1.165) is 6.54 Å². The molecule has 0 amide bonds. The van der Waals surface area contributed by atoms with Crippen LogP contribution in [-0.4, -0.2) is 25.7 Å². The minimum atomic E-state index is 0.715. The van der Waals surface area contributed by atoms with Crippen molar-refractivity contribution in [2.75, 3.05) is 24.5 Å². The molecule has 1 fully saturated rings. The molecule has 0 aromatic heterocycles. The van der Waals surface area contributed by atoms with Crippen LogP contribution in [0.3, 0.4) is 0 Å². The second-order valence-electron chi connectivity index (χ2n) is 4.36. The zero-order valence-corrected chi connectivity index (χ0v) is 14.3. The molecule has 2 nitrogen and oxygen atoms in total. The van der Waals surface area contributed by atoms with Gasteiger partial charge in [0.15, 0.2) is 0 Å². The normalized spacial score (nSPS) is 20.1. The molecule has 0 spiro atoms. The molecule has 0 aliphatic carbocycles. The Morgan fingerprint density at radius 2 is 1.95 bits per heavy atom. The van der Waals surface area contributed by atoms with Crippen molar-refractivity contribution in [1.82, 2.24) is 5.32 Å². The quantitative estimate of drug-likeness (QED) is 0.830. The highest BCUT2D eigenvalue weighted by Crippen LogP contribution is 2.32. The van der Waals surface area contributed by atoms with Crippen LogP contribution < -0.4 is 10.2 Å². The summed E-state index contributed by atoms with van der Waals surface area (Å²) in [6.45, 7) is 11.5. The predicted molar refractivity (Wildman–Crippen MR) is 89.2 cm³/mol. The minimum absolute atomic E-state index is 0.715. The van der Waals surface area contributed by atoms with Gasteiger partial charge >= 0.3 is 0 Å². The van der Waals surface area contributed by atoms with Crippen molar-refractivity contribution in [3.8, 4) is 0 Å². The summed E-state index contributed by atoms with van der Waals surface area (Å²) in [4.78, 5) is 2.57. The Kier molecular flexibility index (Phi) is 7.47. The summed E-state index contributed by atoms with van der Waals surface area (Å²) < 4.78 is 1.20. The average Bonchev–Trinajstić information content (AvgIpc) is 3.11. The molecule has 3 rings (SSSR count). The second-order valence-corrected chi connectivity index (χ2v) is 5.28. The van der Waals surface area contributed by atoms with Crippen molar-refractivity contribution in [1.29, 1.82) is 0 Å². The number of halogens is 1. The van der Waals surface area contributed by atoms with Gasteiger partial charge in [0.25, 0.3) is 0 Å². The third-order valence-corrected chi connectivity index (χ3v) is 3.94. The number of hydrogen-bond donors (Lipinski definition) is 1. The fourth-order valence-corrected chi connectivity index (χ4v) is 3.09. The van der Waals surface area contributed by atoms with E-state index < -0.39 is 0 Å². The molecule has 3 heteroatoms. The first-order valence-corrected chi connectivity index (χ1v) is 8.40. The van der Waals surface area contributed by atoms with Gasteiger partial charge in [-0.1, -0.05) is 43.6 Å². The van der Waals surface area contributed by atoms with Crippen molar-refractivity contribution >= 4 is 21.6 Å². The summed E-state index contributed by atoms with van der Waals surface area (Å²) in [7, 11) is 0. The van der Waals surface area contributed by atoms with Crippen molar-refractivity contribution in [2.24, 2.45) is 0 Å². The molecule has 1 atom stereocenters. The molecular formula is C16H27BrN2. The van der Waals surface area contributed by atoms with Crippen molar-refractivity contribution < 1.29 is 0 Å². The summed E-state index contributed by atoms with van der Waals surface area (Å²) in [6, 6.07) is 7.38. The lowest BCUT2D eigenvalue weighted by atomic mass is 10.1. The largest absolute Gasteiger partial charge is 0.367 e. The van der Waals surface area contributed by atoms with Gasteiger partial charge in [-0.15, -0.1) is 0 Å². The van der Waals surface area contributed by atoms with E-state index in [9.17, 15) is 0 Å². The average molecular weight is 327 g/mol. The fourth-order valence-electron chi connectivity index (χ4n) is 2.68. The monoisotopic (exact) mass is 326 g/mol. The lowest BCUT2D eigenvalue weighted by molar-refractivity contribution is 0.654. The molecule has 0 bridgehead atoms. The van der Waals surface area contributed by atoms with Crippen LogP contribution in [0.4, 0.5) is 5.69 Å². The van der Waals surface area contributed by atoms with E-state index in [4.69, 9.17) is 0 Å². The van der Waals surface area contributed by atoms with Gasteiger partial charge in [0.05, 0.1) is 0 Å². The van der Waals surface area contributed by atoms with Crippen LogP contribution in [0.5, 0.6) is 0 Å². The first-order valence-electron chi connectivity index (χ1n) is 7.60. The summed E-state index contributed by atoms with van der Waals surface area (Å²) in [5.41, 5.74) is 2.95. The fraction of sp³-hybridized carbons (Fsp3) is 0.625. The van der Waals surface area contributed by atoms with E-state index >= 15 is 0 Å². The highest BCUT2D eigenvalue weighted by atomic mass is 79.9. The Morgan fingerprint density at radius 3 is 2.58 bits per heavy atom. The topological polar surface area (TPSA) is 15.3 Å². The number of nitrogens with zero attached hydrogens (tertiary/aromatic N) is 1. The third-order valence-electron chi connectivity index (χ3n) is 3.45. The lowest BCUT2D eigenvalue weighted by Gasteiger charge is -2.26. The van der Waals surface area contributed by atoms with E-state index in [1.807, 2.05) is 27.7 Å². The number of nitrogens with one attached hydrogen (secondary N) is 1. The Balaban J connectivity index is 0.000000415. The number of hydrogen-bond acceptors (Lipinski definition) is 2. The van der Waals surface area contributed by atoms with Crippen LogP contribution >= 0.6 is 15.9 Å². The Labute approximate surface area is 126 Å². The third kappa shape index (κ3) is 3.96. The summed E-state index contributed by atoms with van der Waals surface area (Å²) in [6.07, 6.45) is 2.49. The smallest absolute Gasteiger partial charge is 0.0426 e. The van der Waals surface area contributed by atoms with Gasteiger partial charge in [0.1, 0.15) is 0 Å². The van der Waals surface area contributed by atoms with E-state index in [2.05, 4.69) is 44.3 Å². The van der Waals surface area contributed by atoms with E-state index in [1.54, 1.807) is 0 Å². The standard InChI is InChI=1S/C12H15BrN2.2C2H6/c13-10-1-2-12-9(7-10)4-6-15(12)11-3-5-14-8-11;2*1-2/h1-2,7,11,14H,3-6,8H2;2*1-2H3. The minimum Gasteiger partial charge on any atom is -0.367 e. The molecule has 1 unspecified atom stereocenters. The van der Waals surface area contributed by atoms with Crippen LogP contribution in [0.15, 0.2) is 22.7 Å². The zero-order chi connectivity index (χ0) is 14.3. The molecular weight excluding hydrogens is 300 g/mol. The van der Waals surface area contributed by atoms with Crippen molar-refractivity contribution in [3.63, 3.8) is 0 Å². The number of benzene rings is 1. The molecule has 2 aliphatic rings. The highest BCUT2D eigenvalue weighted by molar-refractivity contribution is 9.10. The molecule has 2 aliphatic heterocycles. The van der Waals surface area contributed by atoms with Gasteiger partial charge in [0, 0.05) is 29.3 Å². The Morgan fingerprint density at radius 1 is 1.21 bits per heavy atom. The summed E-state index contributed by atoms with van der Waals surface area (Å²) in [5, 5.41) is 3.44. The Bertz CT molecular complexity index is 373. The molecule has 19 heavy (non-hydrogen) atoms. The van der Waals surface area contributed by atoms with E-state index in [-0.39, 0.29) is 0 Å². The van der Waals surface area contributed by atoms with Gasteiger partial charge < -0.3 is 10.2 Å². The van der Waals surface area contributed by atoms with Crippen LogP contribution in [-0.2, 0) is 6.42 Å². The van der Waals surface area contributed by atoms with Crippen molar-refractivity contribution in [2.45, 2.75) is 46.6 Å². The van der Waals surface area contributed by atoms with Crippen LogP contribution in [0.25, 0.3) is 0 Å². The lowest BCUT2D eigenvalue weighted by Crippen LogP contribution is -2.35. The van der Waals surface area contributed by atoms with Gasteiger partial charge in [-0.05, 0) is 43.1 Å². The Hall–Kier alpha value is -0.540. The summed E-state index contributed by atoms with van der Waals surface area (Å²) in [5.74, 6) is 0. The molecule has 1 saturated heterocycles. The maximum atomic E-state index is 3.54. The van der Waals surface area contributed by atoms with E-state index in [0.29, 0.717) is 6.04 Å². The van der Waals surface area contributed by atoms with Gasteiger partial charge in [0.2, 0.25) is 0 Å². The number of rotatable bonds is 1. The van der Waals surface area contributed by atoms with Crippen molar-refractivity contribution in [3.05, 3.63) is 28.2 Å². The van der Waals surface area contributed by atoms with Gasteiger partial charge in [-0.2, -0.15) is 0 Å². The van der Waals surface area contributed by atoms with Gasteiger partial charge in [-0.3, -0.25) is 0 Å². The van der Waals surface area contributed by atoms with E-state index in [1.165, 1.54) is 41.7 Å². The van der Waals surface area contributed by atoms with Crippen LogP contribution in [0, 0.1) is 0 Å². The molecule has 0 saturated carbocycles. The predicted octanol–water partition coefficient (Wildman–Crippen LogP) is 4.23. The number of fused-ring (bicyclic) bond motifs is 1.